The van der Waals surface area contributed by atoms with Crippen molar-refractivity contribution in [2.45, 2.75) is 12.5 Å². The Kier molecular flexibility index (Phi) is 2.88. The lowest BCUT2D eigenvalue weighted by Crippen LogP contribution is -2.25. The van der Waals surface area contributed by atoms with E-state index in [2.05, 4.69) is 15.9 Å². The topological polar surface area (TPSA) is 40.5 Å². The molecule has 0 spiro atoms. The quantitative estimate of drug-likeness (QED) is 0.812. The van der Waals surface area contributed by atoms with Crippen molar-refractivity contribution in [1.82, 2.24) is 0 Å². The van der Waals surface area contributed by atoms with Crippen LogP contribution in [0, 0.1) is 0 Å². The molecule has 0 amide bonds. The van der Waals surface area contributed by atoms with Crippen molar-refractivity contribution in [3.05, 3.63) is 34.3 Å². The van der Waals surface area contributed by atoms with Crippen molar-refractivity contribution in [3.8, 4) is 0 Å². The second-order valence-electron chi connectivity index (χ2n) is 2.94. The van der Waals surface area contributed by atoms with Crippen LogP contribution < -0.4 is 0 Å². The fourth-order valence-electron chi connectivity index (χ4n) is 0.900. The molecule has 1 rings (SSSR count). The van der Waals surface area contributed by atoms with Crippen LogP contribution in [-0.2, 0) is 5.60 Å². The van der Waals surface area contributed by atoms with Crippen molar-refractivity contribution >= 4 is 15.9 Å². The first-order chi connectivity index (χ1) is 5.56. The third-order valence-electron chi connectivity index (χ3n) is 1.77. The van der Waals surface area contributed by atoms with E-state index in [1.165, 1.54) is 0 Å². The van der Waals surface area contributed by atoms with Gasteiger partial charge in [0, 0.05) is 4.47 Å². The molecule has 1 aromatic carbocycles. The molecule has 0 saturated carbocycles. The molecule has 2 nitrogen and oxygen atoms in total. The lowest BCUT2D eigenvalue weighted by atomic mass is 9.97. The number of benzene rings is 1. The van der Waals surface area contributed by atoms with E-state index in [0.717, 1.165) is 4.47 Å². The van der Waals surface area contributed by atoms with E-state index in [1.807, 2.05) is 12.1 Å². The summed E-state index contributed by atoms with van der Waals surface area (Å²) in [7, 11) is 0. The molecule has 0 aliphatic carbocycles. The van der Waals surface area contributed by atoms with Gasteiger partial charge in [0.05, 0.1) is 6.61 Å². The first kappa shape index (κ1) is 9.71. The second kappa shape index (κ2) is 3.56. The summed E-state index contributed by atoms with van der Waals surface area (Å²) in [5.74, 6) is 0. The summed E-state index contributed by atoms with van der Waals surface area (Å²) in [5, 5.41) is 18.5. The molecule has 0 aliphatic rings. The Balaban J connectivity index is 2.96. The molecule has 0 bridgehead atoms. The van der Waals surface area contributed by atoms with E-state index in [4.69, 9.17) is 5.11 Å². The lowest BCUT2D eigenvalue weighted by molar-refractivity contribution is -0.00229. The number of hydrogen-bond donors (Lipinski definition) is 2. The van der Waals surface area contributed by atoms with Crippen LogP contribution >= 0.6 is 15.9 Å². The molecule has 0 unspecified atom stereocenters. The average molecular weight is 231 g/mol. The molecular formula is C9H11BrO2. The van der Waals surface area contributed by atoms with Gasteiger partial charge in [-0.3, -0.25) is 0 Å². The summed E-state index contributed by atoms with van der Waals surface area (Å²) in [6, 6.07) is 7.22. The number of aliphatic hydroxyl groups excluding tert-OH is 1. The summed E-state index contributed by atoms with van der Waals surface area (Å²) in [6.45, 7) is 1.31. The molecule has 0 saturated heterocycles. The minimum atomic E-state index is -1.14. The van der Waals surface area contributed by atoms with Crippen LogP contribution in [0.1, 0.15) is 12.5 Å². The maximum absolute atomic E-state index is 9.62. The molecule has 0 fully saturated rings. The number of aliphatic hydroxyl groups is 2. The van der Waals surface area contributed by atoms with E-state index >= 15 is 0 Å². The van der Waals surface area contributed by atoms with E-state index in [9.17, 15) is 5.11 Å². The monoisotopic (exact) mass is 230 g/mol. The fraction of sp³-hybridized carbons (Fsp3) is 0.333. The van der Waals surface area contributed by atoms with Crippen LogP contribution in [0.5, 0.6) is 0 Å². The second-order valence-corrected chi connectivity index (χ2v) is 3.85. The van der Waals surface area contributed by atoms with Crippen LogP contribution in [0.15, 0.2) is 28.7 Å². The Bertz CT molecular complexity index is 254. The molecule has 0 heterocycles. The van der Waals surface area contributed by atoms with Gasteiger partial charge >= 0.3 is 0 Å². The van der Waals surface area contributed by atoms with Crippen LogP contribution in [0.25, 0.3) is 0 Å². The van der Waals surface area contributed by atoms with Crippen LogP contribution in [0.4, 0.5) is 0 Å². The number of halogens is 1. The van der Waals surface area contributed by atoms with Gasteiger partial charge in [-0.1, -0.05) is 28.1 Å². The average Bonchev–Trinajstić information content (AvgIpc) is 2.05. The Morgan fingerprint density at radius 3 is 2.25 bits per heavy atom. The predicted molar refractivity (Wildman–Crippen MR) is 50.8 cm³/mol. The molecule has 1 atom stereocenters. The fourth-order valence-corrected chi connectivity index (χ4v) is 1.16. The van der Waals surface area contributed by atoms with E-state index < -0.39 is 5.60 Å². The highest BCUT2D eigenvalue weighted by Gasteiger charge is 2.20. The van der Waals surface area contributed by atoms with Gasteiger partial charge in [-0.15, -0.1) is 0 Å². The van der Waals surface area contributed by atoms with Gasteiger partial charge < -0.3 is 10.2 Å². The van der Waals surface area contributed by atoms with E-state index in [0.29, 0.717) is 5.56 Å². The Morgan fingerprint density at radius 2 is 1.83 bits per heavy atom. The van der Waals surface area contributed by atoms with Crippen LogP contribution in [-0.4, -0.2) is 16.8 Å². The van der Waals surface area contributed by atoms with Crippen molar-refractivity contribution in [2.75, 3.05) is 6.61 Å². The molecule has 0 aromatic heterocycles. The maximum Gasteiger partial charge on any atom is 0.110 e. The van der Waals surface area contributed by atoms with Crippen LogP contribution in [0.3, 0.4) is 0 Å². The highest BCUT2D eigenvalue weighted by Crippen LogP contribution is 2.21. The lowest BCUT2D eigenvalue weighted by Gasteiger charge is -2.20. The zero-order valence-electron chi connectivity index (χ0n) is 6.79. The van der Waals surface area contributed by atoms with Gasteiger partial charge in [0.25, 0.3) is 0 Å². The van der Waals surface area contributed by atoms with Gasteiger partial charge in [-0.2, -0.15) is 0 Å². The normalized spacial score (nSPS) is 15.7. The van der Waals surface area contributed by atoms with Gasteiger partial charge in [0.1, 0.15) is 5.60 Å². The standard InChI is InChI=1S/C9H11BrO2/c1-9(12,6-11)7-2-4-8(10)5-3-7/h2-5,11-12H,6H2,1H3/t9-/m0/s1. The molecule has 12 heavy (non-hydrogen) atoms. The van der Waals surface area contributed by atoms with Gasteiger partial charge in [0.15, 0.2) is 0 Å². The van der Waals surface area contributed by atoms with Crippen molar-refractivity contribution in [3.63, 3.8) is 0 Å². The highest BCUT2D eigenvalue weighted by atomic mass is 79.9. The minimum Gasteiger partial charge on any atom is -0.393 e. The molecule has 3 heteroatoms. The SMILES string of the molecule is C[C@](O)(CO)c1ccc(Br)cc1. The maximum atomic E-state index is 9.62. The largest absolute Gasteiger partial charge is 0.393 e. The van der Waals surface area contributed by atoms with Gasteiger partial charge in [0.2, 0.25) is 0 Å². The highest BCUT2D eigenvalue weighted by molar-refractivity contribution is 9.10. The zero-order valence-corrected chi connectivity index (χ0v) is 8.37. The first-order valence-corrected chi connectivity index (χ1v) is 4.45. The summed E-state index contributed by atoms with van der Waals surface area (Å²) in [4.78, 5) is 0. The first-order valence-electron chi connectivity index (χ1n) is 3.65. The van der Waals surface area contributed by atoms with Crippen molar-refractivity contribution < 1.29 is 10.2 Å². The zero-order chi connectivity index (χ0) is 9.19. The summed E-state index contributed by atoms with van der Waals surface area (Å²) in [5.41, 5.74) is -0.422. The molecule has 2 N–H and O–H groups in total. The Morgan fingerprint density at radius 1 is 1.33 bits per heavy atom. The molecule has 0 aliphatic heterocycles. The van der Waals surface area contributed by atoms with Crippen molar-refractivity contribution in [2.24, 2.45) is 0 Å². The van der Waals surface area contributed by atoms with Gasteiger partial charge in [-0.25, -0.2) is 0 Å². The molecule has 66 valence electrons. The third kappa shape index (κ3) is 2.06. The summed E-state index contributed by atoms with van der Waals surface area (Å²) in [6.07, 6.45) is 0. The Hall–Kier alpha value is -0.380. The number of rotatable bonds is 2. The summed E-state index contributed by atoms with van der Waals surface area (Å²) < 4.78 is 0.958. The molecule has 1 aromatic rings. The molecular weight excluding hydrogens is 220 g/mol. The van der Waals surface area contributed by atoms with Crippen molar-refractivity contribution in [1.29, 1.82) is 0 Å². The van der Waals surface area contributed by atoms with Crippen LogP contribution in [0.2, 0.25) is 0 Å². The van der Waals surface area contributed by atoms with E-state index in [-0.39, 0.29) is 6.61 Å². The Labute approximate surface area is 80.0 Å². The molecule has 0 radical (unpaired) electrons. The number of hydrogen-bond acceptors (Lipinski definition) is 2. The predicted octanol–water partition coefficient (Wildman–Crippen LogP) is 1.65. The van der Waals surface area contributed by atoms with E-state index in [1.54, 1.807) is 19.1 Å². The smallest absolute Gasteiger partial charge is 0.110 e. The third-order valence-corrected chi connectivity index (χ3v) is 2.30. The minimum absolute atomic E-state index is 0.269. The van der Waals surface area contributed by atoms with Gasteiger partial charge in [-0.05, 0) is 24.6 Å². The summed E-state index contributed by atoms with van der Waals surface area (Å²) >= 11 is 3.29.